The highest BCUT2D eigenvalue weighted by molar-refractivity contribution is 5.55. The quantitative estimate of drug-likeness (QED) is 0.220. The van der Waals surface area contributed by atoms with Crippen LogP contribution < -0.4 is 0 Å². The van der Waals surface area contributed by atoms with E-state index < -0.39 is 11.7 Å². The molecule has 0 heterocycles. The third kappa shape index (κ3) is 9.16. The largest absolute Gasteiger partial charge is 0.497 e. The van der Waals surface area contributed by atoms with Gasteiger partial charge in [-0.15, -0.1) is 0 Å². The van der Waals surface area contributed by atoms with Crippen molar-refractivity contribution in [2.75, 3.05) is 7.11 Å². The predicted octanol–water partition coefficient (Wildman–Crippen LogP) is 8.27. The first-order chi connectivity index (χ1) is 13.9. The molecule has 0 bridgehead atoms. The van der Waals surface area contributed by atoms with Gasteiger partial charge in [-0.25, -0.2) is 8.78 Å². The Morgan fingerprint density at radius 1 is 0.667 bits per heavy atom. The molecule has 0 N–H and O–H groups in total. The van der Waals surface area contributed by atoms with Crippen LogP contribution in [0.4, 0.5) is 8.78 Å². The van der Waals surface area contributed by atoms with E-state index in [0.717, 1.165) is 18.1 Å². The van der Waals surface area contributed by atoms with E-state index in [4.69, 9.17) is 4.74 Å². The highest BCUT2D eigenvalue weighted by atomic mass is 19.1. The lowest BCUT2D eigenvalue weighted by Gasteiger charge is -2.07. The Kier molecular flexibility index (Phi) is 11.4. The lowest BCUT2D eigenvalue weighted by molar-refractivity contribution is 0.309. The molecule has 0 saturated heterocycles. The molecular formula is C27H30F2O. The summed E-state index contributed by atoms with van der Waals surface area (Å²) in [7, 11) is 1.46. The highest BCUT2D eigenvalue weighted by Gasteiger charge is 2.10. The second-order valence-corrected chi connectivity index (χ2v) is 6.39. The van der Waals surface area contributed by atoms with Crippen molar-refractivity contribution < 1.29 is 13.5 Å². The maximum Gasteiger partial charge on any atom is 0.131 e. The van der Waals surface area contributed by atoms with Crippen molar-refractivity contribution in [2.45, 2.75) is 13.3 Å². The molecule has 0 unspecified atom stereocenters. The van der Waals surface area contributed by atoms with Crippen molar-refractivity contribution in [3.8, 4) is 0 Å². The maximum atomic E-state index is 14.5. The SMILES string of the molecule is C=C(/C=C\C(=C)C(=C)/C=C(/F)C(=C)C(=C)/C=C(/F)C(=C)C(=C)/C=C\C(=C)OC)CC. The van der Waals surface area contributed by atoms with E-state index in [-0.39, 0.29) is 16.7 Å². The fourth-order valence-corrected chi connectivity index (χ4v) is 1.77. The molecular weight excluding hydrogens is 378 g/mol. The average molecular weight is 409 g/mol. The fourth-order valence-electron chi connectivity index (χ4n) is 1.77. The number of methoxy groups -OCH3 is 1. The molecule has 0 radical (unpaired) electrons. The topological polar surface area (TPSA) is 9.23 Å². The van der Waals surface area contributed by atoms with Crippen molar-refractivity contribution in [1.29, 1.82) is 0 Å². The fraction of sp³-hybridized carbons (Fsp3) is 0.111. The molecule has 0 saturated carbocycles. The van der Waals surface area contributed by atoms with Crippen LogP contribution in [0.5, 0.6) is 0 Å². The second-order valence-electron chi connectivity index (χ2n) is 6.39. The van der Waals surface area contributed by atoms with E-state index in [2.05, 4.69) is 52.6 Å². The van der Waals surface area contributed by atoms with Crippen molar-refractivity contribution in [2.24, 2.45) is 0 Å². The van der Waals surface area contributed by atoms with Gasteiger partial charge in [-0.3, -0.25) is 0 Å². The molecule has 0 amide bonds. The molecule has 0 aromatic rings. The Bertz CT molecular complexity index is 915. The molecule has 0 aromatic heterocycles. The minimum absolute atomic E-state index is 0.0209. The van der Waals surface area contributed by atoms with E-state index >= 15 is 0 Å². The zero-order chi connectivity index (χ0) is 23.4. The normalized spacial score (nSPS) is 12.0. The van der Waals surface area contributed by atoms with Crippen molar-refractivity contribution in [3.63, 3.8) is 0 Å². The summed E-state index contributed by atoms with van der Waals surface area (Å²) in [5.74, 6) is -1.02. The van der Waals surface area contributed by atoms with E-state index in [1.54, 1.807) is 12.2 Å². The van der Waals surface area contributed by atoms with Gasteiger partial charge < -0.3 is 4.74 Å². The van der Waals surface area contributed by atoms with E-state index in [9.17, 15) is 8.78 Å². The smallest absolute Gasteiger partial charge is 0.131 e. The van der Waals surface area contributed by atoms with Crippen LogP contribution in [0.25, 0.3) is 0 Å². The lowest BCUT2D eigenvalue weighted by atomic mass is 10.0. The van der Waals surface area contributed by atoms with Gasteiger partial charge in [0.25, 0.3) is 0 Å². The maximum absolute atomic E-state index is 14.5. The van der Waals surface area contributed by atoms with Crippen LogP contribution in [0.1, 0.15) is 13.3 Å². The van der Waals surface area contributed by atoms with Gasteiger partial charge in [0.15, 0.2) is 0 Å². The molecule has 30 heavy (non-hydrogen) atoms. The highest BCUT2D eigenvalue weighted by Crippen LogP contribution is 2.26. The van der Waals surface area contributed by atoms with Crippen LogP contribution in [-0.4, -0.2) is 7.11 Å². The Morgan fingerprint density at radius 3 is 1.63 bits per heavy atom. The van der Waals surface area contributed by atoms with E-state index in [1.165, 1.54) is 25.3 Å². The van der Waals surface area contributed by atoms with Gasteiger partial charge in [-0.1, -0.05) is 83.4 Å². The van der Waals surface area contributed by atoms with Crippen LogP contribution in [0.2, 0.25) is 0 Å². The predicted molar refractivity (Wildman–Crippen MR) is 127 cm³/mol. The molecule has 0 fully saturated rings. The summed E-state index contributed by atoms with van der Waals surface area (Å²) in [5, 5.41) is 0. The first kappa shape index (κ1) is 26.5. The molecule has 0 aliphatic rings. The standard InChI is InChI=1S/C27H30F2O/c1-11-18(2)12-13-19(3)21(5)16-26(28)25(9)22(6)17-27(29)24(8)20(4)14-15-23(7)30-10/h12-17H,2-9,11H2,1,10H3/b13-12-,15-14-,26-16+,27-17+. The summed E-state index contributed by atoms with van der Waals surface area (Å²) in [6.07, 6.45) is 9.55. The number of rotatable bonds is 13. The summed E-state index contributed by atoms with van der Waals surface area (Å²) < 4.78 is 33.8. The Morgan fingerprint density at radius 2 is 1.13 bits per heavy atom. The van der Waals surface area contributed by atoms with Crippen molar-refractivity contribution in [1.82, 2.24) is 0 Å². The first-order valence-corrected chi connectivity index (χ1v) is 9.11. The molecule has 0 aliphatic carbocycles. The lowest BCUT2D eigenvalue weighted by Crippen LogP contribution is -1.91. The Labute approximate surface area is 179 Å². The second kappa shape index (κ2) is 12.9. The first-order valence-electron chi connectivity index (χ1n) is 9.11. The summed E-state index contributed by atoms with van der Waals surface area (Å²) in [4.78, 5) is 0. The minimum atomic E-state index is -0.712. The molecule has 0 atom stereocenters. The zero-order valence-electron chi connectivity index (χ0n) is 18.0. The van der Waals surface area contributed by atoms with Crippen molar-refractivity contribution >= 4 is 0 Å². The Balaban J connectivity index is 5.26. The van der Waals surface area contributed by atoms with Gasteiger partial charge in [-0.05, 0) is 46.9 Å². The van der Waals surface area contributed by atoms with E-state index in [0.29, 0.717) is 22.5 Å². The van der Waals surface area contributed by atoms with Crippen LogP contribution in [-0.2, 0) is 4.74 Å². The summed E-state index contributed by atoms with van der Waals surface area (Å²) in [5.41, 5.74) is 2.09. The monoisotopic (exact) mass is 408 g/mol. The van der Waals surface area contributed by atoms with E-state index in [1.807, 2.05) is 6.92 Å². The molecule has 0 aromatic carbocycles. The molecule has 1 nitrogen and oxygen atoms in total. The number of ether oxygens (including phenoxy) is 1. The molecule has 0 aliphatic heterocycles. The average Bonchev–Trinajstić information content (AvgIpc) is 2.73. The van der Waals surface area contributed by atoms with Crippen LogP contribution in [0.3, 0.4) is 0 Å². The number of hydrogen-bond acceptors (Lipinski definition) is 1. The van der Waals surface area contributed by atoms with Crippen LogP contribution >= 0.6 is 0 Å². The molecule has 158 valence electrons. The van der Waals surface area contributed by atoms with Gasteiger partial charge in [-0.2, -0.15) is 0 Å². The minimum Gasteiger partial charge on any atom is -0.497 e. The number of hydrogen-bond donors (Lipinski definition) is 0. The molecule has 0 spiro atoms. The van der Waals surface area contributed by atoms with Gasteiger partial charge >= 0.3 is 0 Å². The summed E-state index contributed by atoms with van der Waals surface area (Å²) >= 11 is 0. The van der Waals surface area contributed by atoms with Gasteiger partial charge in [0.1, 0.15) is 17.4 Å². The van der Waals surface area contributed by atoms with Crippen LogP contribution in [0, 0.1) is 0 Å². The number of halogens is 2. The molecule has 3 heteroatoms. The van der Waals surface area contributed by atoms with Crippen LogP contribution in [0.15, 0.2) is 146 Å². The van der Waals surface area contributed by atoms with Gasteiger partial charge in [0.2, 0.25) is 0 Å². The third-order valence-electron chi connectivity index (χ3n) is 4.07. The van der Waals surface area contributed by atoms with Gasteiger partial charge in [0.05, 0.1) is 7.11 Å². The zero-order valence-corrected chi connectivity index (χ0v) is 18.0. The summed E-state index contributed by atoms with van der Waals surface area (Å²) in [6.45, 7) is 31.7. The molecule has 0 rings (SSSR count). The third-order valence-corrected chi connectivity index (χ3v) is 4.07. The van der Waals surface area contributed by atoms with Gasteiger partial charge in [0, 0.05) is 11.1 Å². The Hall–Kier alpha value is -3.46. The van der Waals surface area contributed by atoms with Crippen molar-refractivity contribution in [3.05, 3.63) is 146 Å². The number of allylic oxidation sites excluding steroid dienone is 15. The summed E-state index contributed by atoms with van der Waals surface area (Å²) in [6, 6.07) is 0.